The summed E-state index contributed by atoms with van der Waals surface area (Å²) in [6, 6.07) is 7.85. The van der Waals surface area contributed by atoms with E-state index >= 15 is 0 Å². The van der Waals surface area contributed by atoms with Gasteiger partial charge in [0, 0.05) is 10.6 Å². The minimum Gasteiger partial charge on any atom is -0.369 e. The number of hydrogen-bond donors (Lipinski definition) is 2. The number of nitrogens with two attached hydrogens (primary N) is 2. The van der Waals surface area contributed by atoms with Crippen LogP contribution in [0.2, 0.25) is 5.02 Å². The molecule has 0 amide bonds. The first-order valence-corrected chi connectivity index (χ1v) is 8.08. The maximum absolute atomic E-state index is 6.38. The standard InChI is InChI=1S/C17H19ClN6.ClH/c1-9-16-14(22-10(2)21-9)7-11(8-15(16)23-24-17(19)20)12-5-3-4-6-13(12)18;/h3-6,11H,7-8H2,1-2H3,(H4,19,20,24);1H/b23-15-;. The summed E-state index contributed by atoms with van der Waals surface area (Å²) in [5, 5.41) is 8.83. The molecule has 0 fully saturated rings. The minimum absolute atomic E-state index is 0. The molecule has 0 bridgehead atoms. The number of hydrogen-bond acceptors (Lipinski definition) is 4. The molecule has 0 saturated carbocycles. The van der Waals surface area contributed by atoms with Crippen molar-refractivity contribution in [2.45, 2.75) is 32.6 Å². The van der Waals surface area contributed by atoms with Gasteiger partial charge in [0.25, 0.3) is 0 Å². The van der Waals surface area contributed by atoms with Gasteiger partial charge >= 0.3 is 0 Å². The van der Waals surface area contributed by atoms with Crippen molar-refractivity contribution >= 4 is 35.7 Å². The third-order valence-electron chi connectivity index (χ3n) is 4.08. The van der Waals surface area contributed by atoms with E-state index in [2.05, 4.69) is 20.2 Å². The van der Waals surface area contributed by atoms with Crippen LogP contribution in [0.25, 0.3) is 0 Å². The van der Waals surface area contributed by atoms with Crippen LogP contribution in [0.3, 0.4) is 0 Å². The topological polar surface area (TPSA) is 103 Å². The lowest BCUT2D eigenvalue weighted by Gasteiger charge is -2.26. The van der Waals surface area contributed by atoms with E-state index in [-0.39, 0.29) is 24.3 Å². The summed E-state index contributed by atoms with van der Waals surface area (Å²) in [6.07, 6.45) is 1.46. The largest absolute Gasteiger partial charge is 0.369 e. The van der Waals surface area contributed by atoms with E-state index in [0.717, 1.165) is 45.5 Å². The van der Waals surface area contributed by atoms with Gasteiger partial charge in [0.2, 0.25) is 5.96 Å². The van der Waals surface area contributed by atoms with Gasteiger partial charge in [0.1, 0.15) is 5.82 Å². The van der Waals surface area contributed by atoms with Gasteiger partial charge in [-0.2, -0.15) is 5.10 Å². The van der Waals surface area contributed by atoms with Crippen molar-refractivity contribution in [3.63, 3.8) is 0 Å². The number of aryl methyl sites for hydroxylation is 2. The minimum atomic E-state index is -0.0744. The Bertz CT molecular complexity index is 843. The second kappa shape index (κ2) is 7.80. The molecule has 132 valence electrons. The fourth-order valence-electron chi connectivity index (χ4n) is 3.18. The SMILES string of the molecule is Cc1nc(C)c2c(n1)CC(c1ccccc1Cl)C/C2=N/N=C(N)N.Cl. The summed E-state index contributed by atoms with van der Waals surface area (Å²) in [5.41, 5.74) is 15.5. The zero-order valence-electron chi connectivity index (χ0n) is 14.0. The highest BCUT2D eigenvalue weighted by molar-refractivity contribution is 6.31. The number of guanidine groups is 1. The number of nitrogens with zero attached hydrogens (tertiary/aromatic N) is 4. The molecule has 1 aromatic heterocycles. The summed E-state index contributed by atoms with van der Waals surface area (Å²) in [6.45, 7) is 3.84. The molecule has 1 aliphatic rings. The van der Waals surface area contributed by atoms with Crippen LogP contribution >= 0.6 is 24.0 Å². The summed E-state index contributed by atoms with van der Waals surface area (Å²) < 4.78 is 0. The molecule has 0 saturated heterocycles. The van der Waals surface area contributed by atoms with Crippen LogP contribution in [-0.2, 0) is 6.42 Å². The van der Waals surface area contributed by atoms with E-state index in [4.69, 9.17) is 23.1 Å². The number of fused-ring (bicyclic) bond motifs is 1. The van der Waals surface area contributed by atoms with Crippen molar-refractivity contribution in [3.8, 4) is 0 Å². The van der Waals surface area contributed by atoms with Crippen LogP contribution in [-0.4, -0.2) is 21.6 Å². The zero-order valence-corrected chi connectivity index (χ0v) is 15.6. The lowest BCUT2D eigenvalue weighted by molar-refractivity contribution is 0.670. The Morgan fingerprint density at radius 3 is 2.56 bits per heavy atom. The first-order valence-electron chi connectivity index (χ1n) is 7.70. The maximum atomic E-state index is 6.38. The summed E-state index contributed by atoms with van der Waals surface area (Å²) in [7, 11) is 0. The van der Waals surface area contributed by atoms with Gasteiger partial charge in [-0.25, -0.2) is 9.97 Å². The maximum Gasteiger partial charge on any atom is 0.211 e. The Labute approximate surface area is 157 Å². The normalized spacial score (nSPS) is 17.6. The molecule has 1 aromatic carbocycles. The molecule has 4 N–H and O–H groups in total. The fraction of sp³-hybridized carbons (Fsp3) is 0.294. The van der Waals surface area contributed by atoms with E-state index in [0.29, 0.717) is 6.42 Å². The molecule has 8 heteroatoms. The Balaban J connectivity index is 0.00000225. The van der Waals surface area contributed by atoms with Crippen LogP contribution < -0.4 is 11.5 Å². The molecule has 6 nitrogen and oxygen atoms in total. The number of halogens is 2. The highest BCUT2D eigenvalue weighted by atomic mass is 35.5. The zero-order chi connectivity index (χ0) is 17.3. The average molecular weight is 379 g/mol. The monoisotopic (exact) mass is 378 g/mol. The molecule has 3 rings (SSSR count). The quantitative estimate of drug-likeness (QED) is 0.476. The molecular formula is C17H20Cl2N6. The first kappa shape index (κ1) is 19.1. The lowest BCUT2D eigenvalue weighted by Crippen LogP contribution is -2.25. The lowest BCUT2D eigenvalue weighted by atomic mass is 9.80. The van der Waals surface area contributed by atoms with Crippen molar-refractivity contribution in [1.29, 1.82) is 0 Å². The third kappa shape index (κ3) is 4.08. The Morgan fingerprint density at radius 2 is 1.88 bits per heavy atom. The average Bonchev–Trinajstić information content (AvgIpc) is 2.52. The summed E-state index contributed by atoms with van der Waals surface area (Å²) in [4.78, 5) is 9.06. The van der Waals surface area contributed by atoms with Gasteiger partial charge in [-0.1, -0.05) is 29.8 Å². The summed E-state index contributed by atoms with van der Waals surface area (Å²) in [5.74, 6) is 0.842. The molecule has 1 unspecified atom stereocenters. The molecule has 2 aromatic rings. The van der Waals surface area contributed by atoms with E-state index in [1.165, 1.54) is 0 Å². The van der Waals surface area contributed by atoms with Gasteiger partial charge < -0.3 is 11.5 Å². The van der Waals surface area contributed by atoms with E-state index in [1.54, 1.807) is 0 Å². The summed E-state index contributed by atoms with van der Waals surface area (Å²) >= 11 is 6.38. The fourth-order valence-corrected chi connectivity index (χ4v) is 3.47. The smallest absolute Gasteiger partial charge is 0.211 e. The first-order chi connectivity index (χ1) is 11.5. The highest BCUT2D eigenvalue weighted by Crippen LogP contribution is 2.36. The number of benzene rings is 1. The van der Waals surface area contributed by atoms with Gasteiger partial charge in [-0.3, -0.25) is 0 Å². The molecule has 1 atom stereocenters. The second-order valence-corrected chi connectivity index (χ2v) is 6.28. The molecule has 25 heavy (non-hydrogen) atoms. The number of rotatable bonds is 2. The predicted octanol–water partition coefficient (Wildman–Crippen LogP) is 2.88. The Morgan fingerprint density at radius 1 is 1.16 bits per heavy atom. The molecule has 0 aliphatic heterocycles. The van der Waals surface area contributed by atoms with Crippen LogP contribution in [0.15, 0.2) is 34.5 Å². The van der Waals surface area contributed by atoms with Crippen molar-refractivity contribution in [2.24, 2.45) is 21.7 Å². The molecule has 1 aliphatic carbocycles. The van der Waals surface area contributed by atoms with Crippen molar-refractivity contribution in [2.75, 3.05) is 0 Å². The molecular weight excluding hydrogens is 359 g/mol. The van der Waals surface area contributed by atoms with E-state index in [9.17, 15) is 0 Å². The van der Waals surface area contributed by atoms with Crippen LogP contribution in [0, 0.1) is 13.8 Å². The Hall–Kier alpha value is -2.18. The van der Waals surface area contributed by atoms with Crippen molar-refractivity contribution < 1.29 is 0 Å². The molecule has 0 radical (unpaired) electrons. The van der Waals surface area contributed by atoms with E-state index in [1.807, 2.05) is 38.1 Å². The third-order valence-corrected chi connectivity index (χ3v) is 4.42. The Kier molecular flexibility index (Phi) is 5.98. The molecule has 0 spiro atoms. The van der Waals surface area contributed by atoms with Crippen LogP contribution in [0.4, 0.5) is 0 Å². The van der Waals surface area contributed by atoms with Crippen LogP contribution in [0.5, 0.6) is 0 Å². The predicted molar refractivity (Wildman–Crippen MR) is 104 cm³/mol. The van der Waals surface area contributed by atoms with Crippen molar-refractivity contribution in [3.05, 3.63) is 57.6 Å². The van der Waals surface area contributed by atoms with E-state index < -0.39 is 0 Å². The number of aromatic nitrogens is 2. The molecule has 1 heterocycles. The highest BCUT2D eigenvalue weighted by Gasteiger charge is 2.29. The van der Waals surface area contributed by atoms with Crippen molar-refractivity contribution in [1.82, 2.24) is 9.97 Å². The van der Waals surface area contributed by atoms with Crippen LogP contribution in [0.1, 0.15) is 40.7 Å². The van der Waals surface area contributed by atoms with Gasteiger partial charge in [0.05, 0.1) is 17.1 Å². The second-order valence-electron chi connectivity index (χ2n) is 5.88. The van der Waals surface area contributed by atoms with Gasteiger partial charge in [-0.05, 0) is 44.2 Å². The van der Waals surface area contributed by atoms with Gasteiger partial charge in [0.15, 0.2) is 0 Å². The van der Waals surface area contributed by atoms with Gasteiger partial charge in [-0.15, -0.1) is 17.5 Å².